The normalized spacial score (nSPS) is 11.5. The molecule has 5 heteroatoms. The summed E-state index contributed by atoms with van der Waals surface area (Å²) in [6, 6.07) is 23.4. The molecule has 0 aliphatic rings. The first kappa shape index (κ1) is 19.5. The maximum Gasteiger partial charge on any atom is 0.255 e. The molecule has 1 amide bonds. The van der Waals surface area contributed by atoms with E-state index in [0.29, 0.717) is 17.9 Å². The van der Waals surface area contributed by atoms with Gasteiger partial charge in [-0.3, -0.25) is 4.79 Å². The van der Waals surface area contributed by atoms with E-state index in [-0.39, 0.29) is 5.91 Å². The van der Waals surface area contributed by atoms with Gasteiger partial charge in [0, 0.05) is 6.54 Å². The molecule has 150 valence electrons. The minimum Gasteiger partial charge on any atom is -0.496 e. The number of aromatic nitrogens is 2. The van der Waals surface area contributed by atoms with Crippen molar-refractivity contribution in [3.05, 3.63) is 95.3 Å². The molecule has 30 heavy (non-hydrogen) atoms. The Morgan fingerprint density at radius 2 is 1.83 bits per heavy atom. The van der Waals surface area contributed by atoms with Crippen molar-refractivity contribution >= 4 is 28.6 Å². The highest BCUT2D eigenvalue weighted by molar-refractivity contribution is 6.23. The molecule has 0 saturated heterocycles. The summed E-state index contributed by atoms with van der Waals surface area (Å²) in [4.78, 5) is 21.0. The van der Waals surface area contributed by atoms with Crippen LogP contribution >= 0.6 is 0 Å². The molecule has 0 fully saturated rings. The van der Waals surface area contributed by atoms with Crippen LogP contribution in [0.5, 0.6) is 5.75 Å². The van der Waals surface area contributed by atoms with Crippen LogP contribution < -0.4 is 10.1 Å². The third kappa shape index (κ3) is 4.25. The van der Waals surface area contributed by atoms with Gasteiger partial charge in [-0.1, -0.05) is 48.5 Å². The number of amides is 1. The highest BCUT2D eigenvalue weighted by atomic mass is 16.5. The van der Waals surface area contributed by atoms with Gasteiger partial charge >= 0.3 is 0 Å². The molecule has 4 rings (SSSR count). The van der Waals surface area contributed by atoms with E-state index >= 15 is 0 Å². The van der Waals surface area contributed by atoms with Crippen LogP contribution in [0.2, 0.25) is 0 Å². The zero-order valence-corrected chi connectivity index (χ0v) is 17.0. The molecule has 0 unspecified atom stereocenters. The van der Waals surface area contributed by atoms with Gasteiger partial charge < -0.3 is 15.0 Å². The smallest absolute Gasteiger partial charge is 0.255 e. The Labute approximate surface area is 175 Å². The van der Waals surface area contributed by atoms with Crippen LogP contribution in [0.1, 0.15) is 22.5 Å². The molecular weight excluding hydrogens is 374 g/mol. The number of rotatable bonds is 6. The minimum absolute atomic E-state index is 0.189. The number of aromatic amines is 1. The molecule has 0 bridgehead atoms. The van der Waals surface area contributed by atoms with Crippen molar-refractivity contribution in [3.8, 4) is 5.75 Å². The Bertz CT molecular complexity index is 1180. The largest absolute Gasteiger partial charge is 0.496 e. The average molecular weight is 397 g/mol. The molecule has 0 radical (unpaired) electrons. The molecule has 0 aliphatic heterocycles. The van der Waals surface area contributed by atoms with Gasteiger partial charge in [-0.15, -0.1) is 0 Å². The first-order chi connectivity index (χ1) is 14.6. The number of carbonyl (C=O) groups excluding carboxylic acids is 1. The Kier molecular flexibility index (Phi) is 5.61. The fraction of sp³-hybridized carbons (Fsp3) is 0.120. The van der Waals surface area contributed by atoms with E-state index < -0.39 is 0 Å². The zero-order chi connectivity index (χ0) is 20.9. The van der Waals surface area contributed by atoms with E-state index in [1.54, 1.807) is 7.11 Å². The maximum absolute atomic E-state index is 13.1. The van der Waals surface area contributed by atoms with Crippen LogP contribution in [0.25, 0.3) is 22.7 Å². The van der Waals surface area contributed by atoms with Crippen molar-refractivity contribution in [2.75, 3.05) is 7.11 Å². The summed E-state index contributed by atoms with van der Waals surface area (Å²) in [7, 11) is 1.65. The summed E-state index contributed by atoms with van der Waals surface area (Å²) >= 11 is 0. The average Bonchev–Trinajstić information content (AvgIpc) is 3.20. The number of imidazole rings is 1. The highest BCUT2D eigenvalue weighted by Gasteiger charge is 2.16. The SMILES string of the molecule is COc1ccc(/C=C(/C(=O)NCc2ccccc2)c2nc3ccccc3[nH]2)cc1C. The number of benzene rings is 3. The number of methoxy groups -OCH3 is 1. The number of hydrogen-bond donors (Lipinski definition) is 2. The summed E-state index contributed by atoms with van der Waals surface area (Å²) in [5.41, 5.74) is 5.13. The van der Waals surface area contributed by atoms with Crippen molar-refractivity contribution in [2.24, 2.45) is 0 Å². The molecule has 5 nitrogen and oxygen atoms in total. The second kappa shape index (κ2) is 8.66. The summed E-state index contributed by atoms with van der Waals surface area (Å²) in [5.74, 6) is 1.16. The Morgan fingerprint density at radius 1 is 1.07 bits per heavy atom. The topological polar surface area (TPSA) is 67.0 Å². The lowest BCUT2D eigenvalue weighted by atomic mass is 10.1. The molecular formula is C25H23N3O2. The van der Waals surface area contributed by atoms with Gasteiger partial charge in [0.1, 0.15) is 11.6 Å². The number of nitrogens with one attached hydrogen (secondary N) is 2. The number of H-pyrrole nitrogens is 1. The summed E-state index contributed by atoms with van der Waals surface area (Å²) in [6.07, 6.45) is 1.85. The Morgan fingerprint density at radius 3 is 2.57 bits per heavy atom. The van der Waals surface area contributed by atoms with Crippen molar-refractivity contribution < 1.29 is 9.53 Å². The maximum atomic E-state index is 13.1. The van der Waals surface area contributed by atoms with Crippen LogP contribution in [-0.4, -0.2) is 23.0 Å². The number of hydrogen-bond acceptors (Lipinski definition) is 3. The van der Waals surface area contributed by atoms with Gasteiger partial charge in [0.2, 0.25) is 0 Å². The van der Waals surface area contributed by atoms with Crippen molar-refractivity contribution in [2.45, 2.75) is 13.5 Å². The van der Waals surface area contributed by atoms with Crippen molar-refractivity contribution in [3.63, 3.8) is 0 Å². The molecule has 0 spiro atoms. The van der Waals surface area contributed by atoms with Gasteiger partial charge in [0.15, 0.2) is 0 Å². The molecule has 1 aromatic heterocycles. The lowest BCUT2D eigenvalue weighted by molar-refractivity contribution is -0.115. The van der Waals surface area contributed by atoms with E-state index in [1.165, 1.54) is 0 Å². The van der Waals surface area contributed by atoms with E-state index in [9.17, 15) is 4.79 Å². The molecule has 1 heterocycles. The van der Waals surface area contributed by atoms with Gasteiger partial charge in [-0.2, -0.15) is 0 Å². The fourth-order valence-corrected chi connectivity index (χ4v) is 3.35. The molecule has 0 saturated carbocycles. The molecule has 2 N–H and O–H groups in total. The van der Waals surface area contributed by atoms with Gasteiger partial charge in [-0.25, -0.2) is 4.98 Å². The van der Waals surface area contributed by atoms with Crippen LogP contribution in [0, 0.1) is 6.92 Å². The summed E-state index contributed by atoms with van der Waals surface area (Å²) in [6.45, 7) is 2.42. The van der Waals surface area contributed by atoms with Gasteiger partial charge in [0.05, 0.1) is 23.7 Å². The van der Waals surface area contributed by atoms with Crippen LogP contribution in [0.15, 0.2) is 72.8 Å². The van der Waals surface area contributed by atoms with E-state index in [1.807, 2.05) is 85.8 Å². The first-order valence-corrected chi connectivity index (χ1v) is 9.77. The Balaban J connectivity index is 1.70. The molecule has 4 aromatic rings. The van der Waals surface area contributed by atoms with Gasteiger partial charge in [0.25, 0.3) is 5.91 Å². The quantitative estimate of drug-likeness (QED) is 0.462. The monoisotopic (exact) mass is 397 g/mol. The Hall–Kier alpha value is -3.86. The van der Waals surface area contributed by atoms with Crippen LogP contribution in [0.3, 0.4) is 0 Å². The highest BCUT2D eigenvalue weighted by Crippen LogP contribution is 2.24. The predicted octanol–water partition coefficient (Wildman–Crippen LogP) is 4.74. The van der Waals surface area contributed by atoms with E-state index in [0.717, 1.165) is 33.5 Å². The summed E-state index contributed by atoms with van der Waals surface area (Å²) < 4.78 is 5.35. The molecule has 0 aliphatic carbocycles. The van der Waals surface area contributed by atoms with Crippen LogP contribution in [0.4, 0.5) is 0 Å². The van der Waals surface area contributed by atoms with E-state index in [2.05, 4.69) is 15.3 Å². The van der Waals surface area contributed by atoms with Gasteiger partial charge in [-0.05, 0) is 54.0 Å². The minimum atomic E-state index is -0.189. The number of fused-ring (bicyclic) bond motifs is 1. The van der Waals surface area contributed by atoms with Crippen molar-refractivity contribution in [1.29, 1.82) is 0 Å². The fourth-order valence-electron chi connectivity index (χ4n) is 3.35. The molecule has 3 aromatic carbocycles. The number of carbonyl (C=O) groups is 1. The second-order valence-corrected chi connectivity index (χ2v) is 7.06. The number of ether oxygens (including phenoxy) is 1. The van der Waals surface area contributed by atoms with Crippen LogP contribution in [-0.2, 0) is 11.3 Å². The second-order valence-electron chi connectivity index (χ2n) is 7.06. The standard InChI is InChI=1S/C25H23N3O2/c1-17-14-19(12-13-23(17)30-2)15-20(24-27-21-10-6-7-11-22(21)28-24)25(29)26-16-18-8-4-3-5-9-18/h3-15H,16H2,1-2H3,(H,26,29)(H,27,28)/b20-15+. The lowest BCUT2D eigenvalue weighted by Gasteiger charge is -2.09. The zero-order valence-electron chi connectivity index (χ0n) is 17.0. The number of aryl methyl sites for hydroxylation is 1. The third-order valence-electron chi connectivity index (χ3n) is 4.91. The first-order valence-electron chi connectivity index (χ1n) is 9.77. The van der Waals surface area contributed by atoms with Crippen molar-refractivity contribution in [1.82, 2.24) is 15.3 Å². The predicted molar refractivity (Wildman–Crippen MR) is 120 cm³/mol. The number of para-hydroxylation sites is 2. The summed E-state index contributed by atoms with van der Waals surface area (Å²) in [5, 5.41) is 3.01. The third-order valence-corrected chi connectivity index (χ3v) is 4.91. The molecule has 0 atom stereocenters. The lowest BCUT2D eigenvalue weighted by Crippen LogP contribution is -2.24. The number of nitrogens with zero attached hydrogens (tertiary/aromatic N) is 1. The van der Waals surface area contributed by atoms with E-state index in [4.69, 9.17) is 4.74 Å².